The first-order valence-electron chi connectivity index (χ1n) is 5.77. The van der Waals surface area contributed by atoms with E-state index in [9.17, 15) is 0 Å². The molecule has 0 spiro atoms. The van der Waals surface area contributed by atoms with Gasteiger partial charge in [-0.1, -0.05) is 0 Å². The van der Waals surface area contributed by atoms with Crippen molar-refractivity contribution in [1.82, 2.24) is 9.97 Å². The van der Waals surface area contributed by atoms with E-state index in [-0.39, 0.29) is 0 Å². The summed E-state index contributed by atoms with van der Waals surface area (Å²) in [6.07, 6.45) is 3.76. The second-order valence-electron chi connectivity index (χ2n) is 4.14. The quantitative estimate of drug-likeness (QED) is 0.817. The van der Waals surface area contributed by atoms with Crippen molar-refractivity contribution in [2.75, 3.05) is 12.4 Å². The fourth-order valence-corrected chi connectivity index (χ4v) is 2.31. The zero-order chi connectivity index (χ0) is 11.7. The number of nitrogens with zero attached hydrogens (tertiary/aromatic N) is 1. The van der Waals surface area contributed by atoms with Gasteiger partial charge in [-0.15, -0.1) is 0 Å². The van der Waals surface area contributed by atoms with Crippen molar-refractivity contribution < 1.29 is 4.74 Å². The van der Waals surface area contributed by atoms with Gasteiger partial charge >= 0.3 is 0 Å². The van der Waals surface area contributed by atoms with Crippen LogP contribution in [0.4, 0.5) is 0 Å². The van der Waals surface area contributed by atoms with E-state index in [4.69, 9.17) is 4.74 Å². The molecule has 88 valence electrons. The molecule has 1 aliphatic heterocycles. The number of rotatable bonds is 3. The molecule has 1 aromatic carbocycles. The maximum atomic E-state index is 5.50. The molecule has 0 saturated carbocycles. The van der Waals surface area contributed by atoms with Gasteiger partial charge in [0.15, 0.2) is 0 Å². The lowest BCUT2D eigenvalue weighted by Crippen LogP contribution is -1.88. The lowest BCUT2D eigenvalue weighted by molar-refractivity contribution is 0.357. The van der Waals surface area contributed by atoms with Gasteiger partial charge in [-0.05, 0) is 29.5 Å². The Balaban J connectivity index is 1.92. The van der Waals surface area contributed by atoms with E-state index in [1.54, 1.807) is 0 Å². The first kappa shape index (κ1) is 10.7. The monoisotopic (exact) mass is 246 g/mol. The molecule has 0 amide bonds. The van der Waals surface area contributed by atoms with Crippen molar-refractivity contribution in [3.8, 4) is 17.0 Å². The summed E-state index contributed by atoms with van der Waals surface area (Å²) >= 11 is 4.21. The van der Waals surface area contributed by atoms with E-state index >= 15 is 0 Å². The van der Waals surface area contributed by atoms with E-state index in [0.717, 1.165) is 42.5 Å². The van der Waals surface area contributed by atoms with E-state index in [0.29, 0.717) is 0 Å². The lowest BCUT2D eigenvalue weighted by atomic mass is 10.1. The van der Waals surface area contributed by atoms with Gasteiger partial charge in [-0.2, -0.15) is 12.6 Å². The molecule has 4 heteroatoms. The van der Waals surface area contributed by atoms with Crippen LogP contribution in [0.1, 0.15) is 11.4 Å². The second kappa shape index (κ2) is 4.45. The highest BCUT2D eigenvalue weighted by molar-refractivity contribution is 7.80. The highest BCUT2D eigenvalue weighted by atomic mass is 32.1. The summed E-state index contributed by atoms with van der Waals surface area (Å²) in [5, 5.41) is 0. The standard InChI is InChI=1S/C13H14N2OS/c17-6-4-13-14-8-11(15-13)9-1-2-12-10(7-9)3-5-16-12/h1-2,7-8,17H,3-6H2,(H,14,15). The Kier molecular flexibility index (Phi) is 2.81. The molecule has 0 aliphatic carbocycles. The van der Waals surface area contributed by atoms with Gasteiger partial charge in [0.05, 0.1) is 18.5 Å². The molecule has 17 heavy (non-hydrogen) atoms. The lowest BCUT2D eigenvalue weighted by Gasteiger charge is -2.01. The Hall–Kier alpha value is -1.42. The smallest absolute Gasteiger partial charge is 0.122 e. The van der Waals surface area contributed by atoms with Crippen LogP contribution in [-0.2, 0) is 12.8 Å². The van der Waals surface area contributed by atoms with E-state index in [2.05, 4.69) is 34.7 Å². The fourth-order valence-electron chi connectivity index (χ4n) is 2.10. The minimum Gasteiger partial charge on any atom is -0.493 e. The Morgan fingerprint density at radius 3 is 3.24 bits per heavy atom. The highest BCUT2D eigenvalue weighted by Crippen LogP contribution is 2.29. The molecule has 2 heterocycles. The third-order valence-electron chi connectivity index (χ3n) is 2.98. The van der Waals surface area contributed by atoms with Crippen molar-refractivity contribution in [2.24, 2.45) is 0 Å². The van der Waals surface area contributed by atoms with Crippen LogP contribution >= 0.6 is 12.6 Å². The highest BCUT2D eigenvalue weighted by Gasteiger charge is 2.13. The van der Waals surface area contributed by atoms with Crippen LogP contribution in [0.2, 0.25) is 0 Å². The van der Waals surface area contributed by atoms with E-state index < -0.39 is 0 Å². The second-order valence-corrected chi connectivity index (χ2v) is 4.59. The third kappa shape index (κ3) is 2.05. The third-order valence-corrected chi connectivity index (χ3v) is 3.20. The molecule has 0 saturated heterocycles. The number of benzene rings is 1. The van der Waals surface area contributed by atoms with Gasteiger partial charge in [-0.3, -0.25) is 0 Å². The first-order valence-corrected chi connectivity index (χ1v) is 6.41. The first-order chi connectivity index (χ1) is 8.36. The number of H-pyrrole nitrogens is 1. The zero-order valence-electron chi connectivity index (χ0n) is 9.44. The van der Waals surface area contributed by atoms with Crippen LogP contribution in [-0.4, -0.2) is 22.3 Å². The molecule has 1 N–H and O–H groups in total. The molecule has 0 atom stereocenters. The number of aromatic amines is 1. The number of fused-ring (bicyclic) bond motifs is 1. The summed E-state index contributed by atoms with van der Waals surface area (Å²) in [7, 11) is 0. The molecule has 0 fully saturated rings. The minimum atomic E-state index is 0.798. The number of aryl methyl sites for hydroxylation is 1. The fraction of sp³-hybridized carbons (Fsp3) is 0.308. The Morgan fingerprint density at radius 1 is 1.41 bits per heavy atom. The molecule has 2 aromatic rings. The van der Waals surface area contributed by atoms with Crippen LogP contribution in [0.5, 0.6) is 5.75 Å². The Labute approximate surface area is 106 Å². The molecule has 3 rings (SSSR count). The summed E-state index contributed by atoms with van der Waals surface area (Å²) in [5.74, 6) is 2.82. The summed E-state index contributed by atoms with van der Waals surface area (Å²) < 4.78 is 5.50. The van der Waals surface area contributed by atoms with Gasteiger partial charge in [-0.25, -0.2) is 4.98 Å². The van der Waals surface area contributed by atoms with Gasteiger partial charge in [0.1, 0.15) is 11.6 Å². The molecule has 3 nitrogen and oxygen atoms in total. The number of hydrogen-bond donors (Lipinski definition) is 2. The van der Waals surface area contributed by atoms with Crippen LogP contribution in [0.3, 0.4) is 0 Å². The zero-order valence-corrected chi connectivity index (χ0v) is 10.3. The molecule has 0 radical (unpaired) electrons. The predicted molar refractivity (Wildman–Crippen MR) is 70.8 cm³/mol. The summed E-state index contributed by atoms with van der Waals surface area (Å²) in [5.41, 5.74) is 3.52. The number of imidazole rings is 1. The summed E-state index contributed by atoms with van der Waals surface area (Å²) in [6.45, 7) is 0.798. The minimum absolute atomic E-state index is 0.798. The normalized spacial score (nSPS) is 13.5. The maximum Gasteiger partial charge on any atom is 0.122 e. The predicted octanol–water partition coefficient (Wildman–Crippen LogP) is 2.48. The molecule has 1 aromatic heterocycles. The SMILES string of the molecule is SCCc1ncc(-c2ccc3c(c2)CCO3)[nH]1. The van der Waals surface area contributed by atoms with Crippen molar-refractivity contribution in [2.45, 2.75) is 12.8 Å². The summed E-state index contributed by atoms with van der Waals surface area (Å²) in [6, 6.07) is 6.29. The maximum absolute atomic E-state index is 5.50. The number of ether oxygens (including phenoxy) is 1. The average Bonchev–Trinajstić information content (AvgIpc) is 2.96. The average molecular weight is 246 g/mol. The van der Waals surface area contributed by atoms with Gasteiger partial charge < -0.3 is 9.72 Å². The topological polar surface area (TPSA) is 37.9 Å². The van der Waals surface area contributed by atoms with Crippen molar-refractivity contribution >= 4 is 12.6 Å². The Bertz CT molecular complexity index is 536. The summed E-state index contributed by atoms with van der Waals surface area (Å²) in [4.78, 5) is 7.66. The van der Waals surface area contributed by atoms with Crippen LogP contribution < -0.4 is 4.74 Å². The number of aromatic nitrogens is 2. The van der Waals surface area contributed by atoms with E-state index in [1.807, 2.05) is 12.3 Å². The molecular formula is C13H14N2OS. The number of hydrogen-bond acceptors (Lipinski definition) is 3. The Morgan fingerprint density at radius 2 is 2.35 bits per heavy atom. The number of nitrogens with one attached hydrogen (secondary N) is 1. The molecular weight excluding hydrogens is 232 g/mol. The van der Waals surface area contributed by atoms with Gasteiger partial charge in [0.25, 0.3) is 0 Å². The van der Waals surface area contributed by atoms with Crippen molar-refractivity contribution in [3.63, 3.8) is 0 Å². The van der Waals surface area contributed by atoms with Crippen LogP contribution in [0.25, 0.3) is 11.3 Å². The van der Waals surface area contributed by atoms with Gasteiger partial charge in [0.2, 0.25) is 0 Å². The van der Waals surface area contributed by atoms with Crippen LogP contribution in [0, 0.1) is 0 Å². The molecule has 0 unspecified atom stereocenters. The van der Waals surface area contributed by atoms with Crippen molar-refractivity contribution in [1.29, 1.82) is 0 Å². The van der Waals surface area contributed by atoms with Crippen molar-refractivity contribution in [3.05, 3.63) is 35.8 Å². The largest absolute Gasteiger partial charge is 0.493 e. The molecule has 1 aliphatic rings. The van der Waals surface area contributed by atoms with Crippen LogP contribution in [0.15, 0.2) is 24.4 Å². The van der Waals surface area contributed by atoms with E-state index in [1.165, 1.54) is 11.1 Å². The van der Waals surface area contributed by atoms with Gasteiger partial charge in [0, 0.05) is 18.4 Å². The number of thiol groups is 1. The molecule has 0 bridgehead atoms.